The fraction of sp³-hybridized carbons (Fsp3) is 0.292. The largest absolute Gasteiger partial charge is 0.496 e. The Kier molecular flexibility index (Phi) is 5.05. The number of amides is 1. The average molecular weight is 418 g/mol. The molecule has 0 aliphatic carbocycles. The number of carbonyl (C=O) groups excluding carboxylic acids is 1. The van der Waals surface area contributed by atoms with Crippen LogP contribution in [0, 0.1) is 0 Å². The van der Waals surface area contributed by atoms with Gasteiger partial charge in [-0.25, -0.2) is 4.68 Å². The summed E-state index contributed by atoms with van der Waals surface area (Å²) in [4.78, 5) is 17.1. The van der Waals surface area contributed by atoms with Crippen LogP contribution in [0.5, 0.6) is 5.75 Å². The topological polar surface area (TPSA) is 95.1 Å². The third-order valence-electron chi connectivity index (χ3n) is 5.56. The number of allylic oxidation sites excluding steroid dienone is 1. The second-order valence-corrected chi connectivity index (χ2v) is 8.70. The average Bonchev–Trinajstić information content (AvgIpc) is 3.15. The van der Waals surface area contributed by atoms with Gasteiger partial charge in [0, 0.05) is 16.8 Å². The van der Waals surface area contributed by atoms with Gasteiger partial charge in [-0.15, -0.1) is 5.10 Å². The fourth-order valence-electron chi connectivity index (χ4n) is 3.89. The van der Waals surface area contributed by atoms with Crippen molar-refractivity contribution in [3.05, 3.63) is 70.9 Å². The second-order valence-electron chi connectivity index (χ2n) is 8.70. The quantitative estimate of drug-likeness (QED) is 0.668. The van der Waals surface area contributed by atoms with Crippen molar-refractivity contribution < 1.29 is 9.53 Å². The number of primary amides is 1. The van der Waals surface area contributed by atoms with E-state index in [0.29, 0.717) is 28.8 Å². The molecule has 1 atom stereocenters. The normalized spacial score (nSPS) is 16.0. The second kappa shape index (κ2) is 7.58. The fourth-order valence-corrected chi connectivity index (χ4v) is 3.89. The van der Waals surface area contributed by atoms with Crippen molar-refractivity contribution in [3.8, 4) is 17.1 Å². The van der Waals surface area contributed by atoms with Gasteiger partial charge in [0.1, 0.15) is 11.8 Å². The Labute approximate surface area is 181 Å². The van der Waals surface area contributed by atoms with Crippen molar-refractivity contribution in [1.29, 1.82) is 0 Å². The van der Waals surface area contributed by atoms with E-state index < -0.39 is 11.9 Å². The van der Waals surface area contributed by atoms with E-state index in [1.54, 1.807) is 11.8 Å². The van der Waals surface area contributed by atoms with Crippen LogP contribution in [-0.4, -0.2) is 27.8 Å². The number of hydrogen-bond acceptors (Lipinski definition) is 5. The van der Waals surface area contributed by atoms with Crippen LogP contribution in [0.1, 0.15) is 44.9 Å². The summed E-state index contributed by atoms with van der Waals surface area (Å²) in [6.45, 7) is 8.35. The van der Waals surface area contributed by atoms with E-state index in [1.807, 2.05) is 43.3 Å². The maximum Gasteiger partial charge on any atom is 0.248 e. The molecule has 0 saturated heterocycles. The number of nitrogens with zero attached hydrogens (tertiary/aromatic N) is 3. The van der Waals surface area contributed by atoms with E-state index in [0.717, 1.165) is 11.1 Å². The molecule has 1 unspecified atom stereocenters. The first-order chi connectivity index (χ1) is 14.7. The highest BCUT2D eigenvalue weighted by Crippen LogP contribution is 2.39. The third kappa shape index (κ3) is 3.67. The summed E-state index contributed by atoms with van der Waals surface area (Å²) in [5, 5.41) is 7.94. The summed E-state index contributed by atoms with van der Waals surface area (Å²) < 4.78 is 7.26. The minimum atomic E-state index is -0.542. The van der Waals surface area contributed by atoms with E-state index in [1.165, 1.54) is 5.56 Å². The summed E-state index contributed by atoms with van der Waals surface area (Å²) in [6, 6.07) is 15.2. The molecule has 7 heteroatoms. The number of para-hydroxylation sites is 1. The molecule has 160 valence electrons. The van der Waals surface area contributed by atoms with Gasteiger partial charge in [0.25, 0.3) is 0 Å². The van der Waals surface area contributed by atoms with E-state index in [-0.39, 0.29) is 5.41 Å². The van der Waals surface area contributed by atoms with Gasteiger partial charge in [-0.3, -0.25) is 4.79 Å². The summed E-state index contributed by atoms with van der Waals surface area (Å²) in [5.74, 6) is 1.26. The van der Waals surface area contributed by atoms with Crippen molar-refractivity contribution in [2.75, 3.05) is 12.4 Å². The number of aromatic nitrogens is 3. The lowest BCUT2D eigenvalue weighted by Gasteiger charge is -2.28. The highest BCUT2D eigenvalue weighted by molar-refractivity contribution is 5.95. The zero-order valence-corrected chi connectivity index (χ0v) is 18.4. The molecule has 0 fully saturated rings. The van der Waals surface area contributed by atoms with Crippen LogP contribution < -0.4 is 15.8 Å². The van der Waals surface area contributed by atoms with Crippen molar-refractivity contribution in [2.45, 2.75) is 39.2 Å². The molecule has 4 rings (SSSR count). The highest BCUT2D eigenvalue weighted by Gasteiger charge is 2.35. The van der Waals surface area contributed by atoms with Crippen LogP contribution in [0.4, 0.5) is 5.95 Å². The van der Waals surface area contributed by atoms with E-state index in [9.17, 15) is 4.79 Å². The Morgan fingerprint density at radius 3 is 2.42 bits per heavy atom. The number of methoxy groups -OCH3 is 1. The standard InChI is InChI=1S/C24H27N5O2/c1-14-19(21(25)30)20(17-8-6-7-9-18(17)31-5)29-23(26-14)27-22(28-29)15-10-12-16(13-11-15)24(2,3)4/h6-13,20H,1-5H3,(H2,25,30)(H,26,27,28). The smallest absolute Gasteiger partial charge is 0.248 e. The Bertz CT molecular complexity index is 1170. The number of carbonyl (C=O) groups is 1. The van der Waals surface area contributed by atoms with Gasteiger partial charge >= 0.3 is 0 Å². The lowest BCUT2D eigenvalue weighted by molar-refractivity contribution is -0.115. The van der Waals surface area contributed by atoms with Crippen molar-refractivity contribution in [1.82, 2.24) is 14.8 Å². The number of benzene rings is 2. The van der Waals surface area contributed by atoms with Crippen LogP contribution >= 0.6 is 0 Å². The molecule has 3 aromatic rings. The Morgan fingerprint density at radius 2 is 1.81 bits per heavy atom. The molecular weight excluding hydrogens is 390 g/mol. The number of rotatable bonds is 4. The van der Waals surface area contributed by atoms with Gasteiger partial charge in [0.05, 0.1) is 12.7 Å². The van der Waals surface area contributed by atoms with Crippen LogP contribution in [0.3, 0.4) is 0 Å². The van der Waals surface area contributed by atoms with Crippen LogP contribution in [0.2, 0.25) is 0 Å². The highest BCUT2D eigenvalue weighted by atomic mass is 16.5. The molecule has 2 aromatic carbocycles. The Balaban J connectivity index is 1.84. The SMILES string of the molecule is COc1ccccc1C1C(C(N)=O)=C(C)Nc2nc(-c3ccc(C(C)(C)C)cc3)nn21. The Morgan fingerprint density at radius 1 is 1.13 bits per heavy atom. The van der Waals surface area contributed by atoms with Crippen molar-refractivity contribution >= 4 is 11.9 Å². The summed E-state index contributed by atoms with van der Waals surface area (Å²) in [7, 11) is 1.60. The summed E-state index contributed by atoms with van der Waals surface area (Å²) >= 11 is 0. The number of fused-ring (bicyclic) bond motifs is 1. The minimum absolute atomic E-state index is 0.0628. The Hall–Kier alpha value is -3.61. The number of hydrogen-bond donors (Lipinski definition) is 2. The predicted octanol–water partition coefficient (Wildman–Crippen LogP) is 4.03. The van der Waals surface area contributed by atoms with Gasteiger partial charge in [-0.05, 0) is 24.0 Å². The van der Waals surface area contributed by atoms with E-state index in [4.69, 9.17) is 20.6 Å². The number of nitrogens with one attached hydrogen (secondary N) is 1. The molecule has 0 radical (unpaired) electrons. The maximum absolute atomic E-state index is 12.4. The summed E-state index contributed by atoms with van der Waals surface area (Å²) in [6.07, 6.45) is 0. The molecule has 1 aromatic heterocycles. The minimum Gasteiger partial charge on any atom is -0.496 e. The molecule has 0 spiro atoms. The van der Waals surface area contributed by atoms with Gasteiger partial charge in [-0.1, -0.05) is 63.2 Å². The van der Waals surface area contributed by atoms with Crippen LogP contribution in [0.15, 0.2) is 59.8 Å². The van der Waals surface area contributed by atoms with Crippen LogP contribution in [-0.2, 0) is 10.2 Å². The van der Waals surface area contributed by atoms with Gasteiger partial charge < -0.3 is 15.8 Å². The molecule has 1 aliphatic heterocycles. The predicted molar refractivity (Wildman–Crippen MR) is 121 cm³/mol. The van der Waals surface area contributed by atoms with E-state index in [2.05, 4.69) is 38.2 Å². The first-order valence-electron chi connectivity index (χ1n) is 10.2. The van der Waals surface area contributed by atoms with Gasteiger partial charge in [0.15, 0.2) is 5.82 Å². The van der Waals surface area contributed by atoms with Gasteiger partial charge in [-0.2, -0.15) is 4.98 Å². The number of ether oxygens (including phenoxy) is 1. The lowest BCUT2D eigenvalue weighted by atomic mass is 9.87. The third-order valence-corrected chi connectivity index (χ3v) is 5.56. The zero-order valence-electron chi connectivity index (χ0n) is 18.4. The monoisotopic (exact) mass is 417 g/mol. The molecule has 3 N–H and O–H groups in total. The number of nitrogens with two attached hydrogens (primary N) is 1. The molecule has 7 nitrogen and oxygen atoms in total. The first kappa shape index (κ1) is 20.7. The molecule has 2 heterocycles. The van der Waals surface area contributed by atoms with Crippen LogP contribution in [0.25, 0.3) is 11.4 Å². The number of anilines is 1. The van der Waals surface area contributed by atoms with Crippen molar-refractivity contribution in [3.63, 3.8) is 0 Å². The van der Waals surface area contributed by atoms with Gasteiger partial charge in [0.2, 0.25) is 11.9 Å². The van der Waals surface area contributed by atoms with E-state index >= 15 is 0 Å². The summed E-state index contributed by atoms with van der Waals surface area (Å²) in [5.41, 5.74) is 9.84. The molecular formula is C24H27N5O2. The lowest BCUT2D eigenvalue weighted by Crippen LogP contribution is -2.32. The molecule has 31 heavy (non-hydrogen) atoms. The molecule has 0 saturated carbocycles. The molecule has 1 amide bonds. The maximum atomic E-state index is 12.4. The first-order valence-corrected chi connectivity index (χ1v) is 10.2. The van der Waals surface area contributed by atoms with Crippen molar-refractivity contribution in [2.24, 2.45) is 5.73 Å². The molecule has 0 bridgehead atoms. The molecule has 1 aliphatic rings. The zero-order chi connectivity index (χ0) is 22.3.